The summed E-state index contributed by atoms with van der Waals surface area (Å²) >= 11 is 0. The van der Waals surface area contributed by atoms with E-state index in [2.05, 4.69) is 4.98 Å². The van der Waals surface area contributed by atoms with Gasteiger partial charge in [-0.05, 0) is 35.9 Å². The number of piperazine rings is 1. The number of hydrogen-bond donors (Lipinski definition) is 0. The summed E-state index contributed by atoms with van der Waals surface area (Å²) < 4.78 is 68.3. The molecule has 1 aromatic heterocycles. The highest BCUT2D eigenvalue weighted by Gasteiger charge is 2.33. The zero-order chi connectivity index (χ0) is 20.6. The van der Waals surface area contributed by atoms with Crippen LogP contribution in [-0.4, -0.2) is 48.8 Å². The second-order valence-electron chi connectivity index (χ2n) is 6.87. The van der Waals surface area contributed by atoms with E-state index < -0.39 is 26.6 Å². The van der Waals surface area contributed by atoms with Crippen molar-refractivity contribution < 1.29 is 21.6 Å². The van der Waals surface area contributed by atoms with Crippen LogP contribution in [0.2, 0.25) is 0 Å². The van der Waals surface area contributed by atoms with Gasteiger partial charge in [-0.1, -0.05) is 12.1 Å². The molecule has 1 fully saturated rings. The molecule has 0 spiro atoms. The Bertz CT molecular complexity index is 1140. The Morgan fingerprint density at radius 1 is 0.931 bits per heavy atom. The van der Waals surface area contributed by atoms with Crippen molar-refractivity contribution in [1.29, 1.82) is 0 Å². The van der Waals surface area contributed by atoms with Crippen LogP contribution in [-0.2, 0) is 16.6 Å². The van der Waals surface area contributed by atoms with Crippen LogP contribution in [0.1, 0.15) is 5.56 Å². The monoisotopic (exact) mass is 421 g/mol. The topological polar surface area (TPSA) is 53.5 Å². The van der Waals surface area contributed by atoms with Crippen molar-refractivity contribution in [2.45, 2.75) is 11.4 Å². The molecule has 0 atom stereocenters. The third-order valence-electron chi connectivity index (χ3n) is 4.99. The number of halogens is 3. The molecule has 0 radical (unpaired) electrons. The minimum absolute atomic E-state index is 0.0801. The van der Waals surface area contributed by atoms with E-state index in [0.29, 0.717) is 36.1 Å². The van der Waals surface area contributed by atoms with Gasteiger partial charge >= 0.3 is 0 Å². The molecule has 1 saturated heterocycles. The Morgan fingerprint density at radius 2 is 1.62 bits per heavy atom. The molecule has 0 N–H and O–H groups in total. The SMILES string of the molecule is O=S(=O)(c1c(F)cccc1F)N1CCN(Cc2cc(F)cc3cccnc23)CC1. The number of benzene rings is 2. The Kier molecular flexibility index (Phi) is 5.28. The van der Waals surface area contributed by atoms with Crippen molar-refractivity contribution in [3.8, 4) is 0 Å². The van der Waals surface area contributed by atoms with Gasteiger partial charge in [-0.2, -0.15) is 4.31 Å². The quantitative estimate of drug-likeness (QED) is 0.650. The summed E-state index contributed by atoms with van der Waals surface area (Å²) in [6, 6.07) is 9.33. The highest BCUT2D eigenvalue weighted by atomic mass is 32.2. The van der Waals surface area contributed by atoms with Crippen LogP contribution >= 0.6 is 0 Å². The third-order valence-corrected chi connectivity index (χ3v) is 6.94. The molecule has 29 heavy (non-hydrogen) atoms. The maximum absolute atomic E-state index is 14.0. The molecule has 5 nitrogen and oxygen atoms in total. The first-order valence-electron chi connectivity index (χ1n) is 9.06. The number of fused-ring (bicyclic) bond motifs is 1. The molecule has 1 aliphatic heterocycles. The predicted octanol–water partition coefficient (Wildman–Crippen LogP) is 3.16. The van der Waals surface area contributed by atoms with E-state index in [1.807, 2.05) is 4.90 Å². The lowest BCUT2D eigenvalue weighted by Gasteiger charge is -2.34. The van der Waals surface area contributed by atoms with E-state index in [0.717, 1.165) is 22.5 Å². The summed E-state index contributed by atoms with van der Waals surface area (Å²) in [6.07, 6.45) is 1.64. The predicted molar refractivity (Wildman–Crippen MR) is 102 cm³/mol. The Balaban J connectivity index is 1.51. The molecule has 0 aliphatic carbocycles. The molecule has 9 heteroatoms. The van der Waals surface area contributed by atoms with Crippen molar-refractivity contribution in [2.75, 3.05) is 26.2 Å². The summed E-state index contributed by atoms with van der Waals surface area (Å²) in [6.45, 7) is 1.25. The summed E-state index contributed by atoms with van der Waals surface area (Å²) in [5, 5.41) is 0.693. The summed E-state index contributed by atoms with van der Waals surface area (Å²) in [4.78, 5) is 5.36. The molecule has 0 unspecified atom stereocenters. The number of pyridine rings is 1. The molecule has 3 aromatic rings. The zero-order valence-corrected chi connectivity index (χ0v) is 16.2. The van der Waals surface area contributed by atoms with Gasteiger partial charge in [0.05, 0.1) is 5.52 Å². The van der Waals surface area contributed by atoms with E-state index in [1.165, 1.54) is 12.1 Å². The second kappa shape index (κ2) is 7.74. The van der Waals surface area contributed by atoms with Crippen molar-refractivity contribution >= 4 is 20.9 Å². The van der Waals surface area contributed by atoms with Crippen LogP contribution in [0.3, 0.4) is 0 Å². The molecule has 152 valence electrons. The molecular formula is C20H18F3N3O2S. The summed E-state index contributed by atoms with van der Waals surface area (Å²) in [5.74, 6) is -2.58. The van der Waals surface area contributed by atoms with E-state index in [9.17, 15) is 21.6 Å². The number of sulfonamides is 1. The van der Waals surface area contributed by atoms with Gasteiger partial charge in [0.2, 0.25) is 10.0 Å². The molecule has 2 heterocycles. The smallest absolute Gasteiger partial charge is 0.249 e. The molecule has 0 amide bonds. The van der Waals surface area contributed by atoms with Crippen LogP contribution in [0.15, 0.2) is 53.6 Å². The Hall–Kier alpha value is -2.49. The van der Waals surface area contributed by atoms with Crippen LogP contribution in [0.25, 0.3) is 10.9 Å². The Labute approximate surface area is 166 Å². The maximum atomic E-state index is 14.0. The number of aromatic nitrogens is 1. The number of nitrogens with zero attached hydrogens (tertiary/aromatic N) is 3. The average molecular weight is 421 g/mol. The largest absolute Gasteiger partial charge is 0.296 e. The van der Waals surface area contributed by atoms with Gasteiger partial charge in [0, 0.05) is 44.3 Å². The molecule has 0 bridgehead atoms. The zero-order valence-electron chi connectivity index (χ0n) is 15.4. The molecular weight excluding hydrogens is 403 g/mol. The molecule has 1 aliphatic rings. The van der Waals surface area contributed by atoms with E-state index in [4.69, 9.17) is 0 Å². The van der Waals surface area contributed by atoms with Crippen molar-refractivity contribution in [1.82, 2.24) is 14.2 Å². The first-order valence-corrected chi connectivity index (χ1v) is 10.5. The van der Waals surface area contributed by atoms with Gasteiger partial charge in [-0.3, -0.25) is 9.88 Å². The standard InChI is InChI=1S/C20H18F3N3O2S/c21-16-11-14-3-2-6-24-19(14)15(12-16)13-25-7-9-26(10-8-25)29(27,28)20-17(22)4-1-5-18(20)23/h1-6,11-12H,7-10,13H2. The lowest BCUT2D eigenvalue weighted by atomic mass is 10.1. The Morgan fingerprint density at radius 3 is 2.31 bits per heavy atom. The highest BCUT2D eigenvalue weighted by molar-refractivity contribution is 7.89. The van der Waals surface area contributed by atoms with Crippen LogP contribution in [0.5, 0.6) is 0 Å². The second-order valence-corrected chi connectivity index (χ2v) is 8.75. The minimum Gasteiger partial charge on any atom is -0.296 e. The van der Waals surface area contributed by atoms with Crippen LogP contribution in [0.4, 0.5) is 13.2 Å². The maximum Gasteiger partial charge on any atom is 0.249 e. The first-order chi connectivity index (χ1) is 13.9. The van der Waals surface area contributed by atoms with Gasteiger partial charge in [-0.15, -0.1) is 0 Å². The lowest BCUT2D eigenvalue weighted by Crippen LogP contribution is -2.48. The van der Waals surface area contributed by atoms with Gasteiger partial charge in [0.15, 0.2) is 4.90 Å². The van der Waals surface area contributed by atoms with Crippen molar-refractivity contribution in [3.63, 3.8) is 0 Å². The fraction of sp³-hybridized carbons (Fsp3) is 0.250. The lowest BCUT2D eigenvalue weighted by molar-refractivity contribution is 0.181. The molecule has 0 saturated carbocycles. The normalized spacial score (nSPS) is 16.4. The van der Waals surface area contributed by atoms with Gasteiger partial charge in [-0.25, -0.2) is 21.6 Å². The number of rotatable bonds is 4. The third kappa shape index (κ3) is 3.85. The average Bonchev–Trinajstić information content (AvgIpc) is 2.68. The number of hydrogen-bond acceptors (Lipinski definition) is 4. The molecule has 2 aromatic carbocycles. The van der Waals surface area contributed by atoms with Crippen LogP contribution in [0, 0.1) is 17.5 Å². The van der Waals surface area contributed by atoms with Crippen molar-refractivity contribution in [2.24, 2.45) is 0 Å². The van der Waals surface area contributed by atoms with Crippen LogP contribution < -0.4 is 0 Å². The first kappa shape index (κ1) is 19.8. The molecule has 4 rings (SSSR count). The van der Waals surface area contributed by atoms with E-state index >= 15 is 0 Å². The fourth-order valence-electron chi connectivity index (χ4n) is 3.58. The minimum atomic E-state index is -4.28. The fourth-order valence-corrected chi connectivity index (χ4v) is 5.11. The van der Waals surface area contributed by atoms with Crippen molar-refractivity contribution in [3.05, 3.63) is 71.7 Å². The summed E-state index contributed by atoms with van der Waals surface area (Å²) in [7, 11) is -4.28. The van der Waals surface area contributed by atoms with Gasteiger partial charge in [0.1, 0.15) is 17.5 Å². The van der Waals surface area contributed by atoms with Gasteiger partial charge in [0.25, 0.3) is 0 Å². The highest BCUT2D eigenvalue weighted by Crippen LogP contribution is 2.25. The summed E-state index contributed by atoms with van der Waals surface area (Å²) in [5.41, 5.74) is 1.40. The van der Waals surface area contributed by atoms with Gasteiger partial charge < -0.3 is 0 Å². The van der Waals surface area contributed by atoms with E-state index in [1.54, 1.807) is 18.3 Å². The van der Waals surface area contributed by atoms with E-state index in [-0.39, 0.29) is 18.9 Å².